The summed E-state index contributed by atoms with van der Waals surface area (Å²) in [6.45, 7) is 1.05. The molecular weight excluding hydrogens is 287 g/mol. The Labute approximate surface area is 106 Å². The molecule has 0 radical (unpaired) electrons. The number of anilines is 1. The van der Waals surface area contributed by atoms with Gasteiger partial charge in [-0.1, -0.05) is 0 Å². The Morgan fingerprint density at radius 1 is 1.41 bits per heavy atom. The van der Waals surface area contributed by atoms with E-state index in [1.165, 1.54) is 6.07 Å². The Hall–Kier alpha value is -1.20. The topological polar surface area (TPSA) is 48.1 Å². The summed E-state index contributed by atoms with van der Waals surface area (Å²) in [5.74, 6) is -0.346. The van der Waals surface area contributed by atoms with Crippen LogP contribution in [0.4, 0.5) is 10.1 Å². The molecule has 0 aliphatic carbocycles. The summed E-state index contributed by atoms with van der Waals surface area (Å²) in [5, 5.41) is 0.378. The molecule has 0 fully saturated rings. The summed E-state index contributed by atoms with van der Waals surface area (Å²) < 4.78 is 19.9. The molecule has 3 rings (SSSR count). The van der Waals surface area contributed by atoms with E-state index in [9.17, 15) is 4.39 Å². The Balaban J connectivity index is 2.44. The van der Waals surface area contributed by atoms with Crippen LogP contribution in [0.2, 0.25) is 0 Å². The third kappa shape index (κ3) is 1.61. The molecule has 2 aromatic rings. The maximum Gasteiger partial charge on any atom is 0.134 e. The van der Waals surface area contributed by atoms with Gasteiger partial charge in [0.15, 0.2) is 0 Å². The van der Waals surface area contributed by atoms with E-state index in [2.05, 4.69) is 20.9 Å². The molecular formula is C12H10BrFN2O. The van der Waals surface area contributed by atoms with Gasteiger partial charge in [0.2, 0.25) is 0 Å². The minimum atomic E-state index is -0.346. The van der Waals surface area contributed by atoms with Crippen molar-refractivity contribution in [3.63, 3.8) is 0 Å². The maximum atomic E-state index is 13.8. The summed E-state index contributed by atoms with van der Waals surface area (Å²) in [4.78, 5) is 4.49. The van der Waals surface area contributed by atoms with Gasteiger partial charge in [-0.25, -0.2) is 4.39 Å². The molecule has 2 heterocycles. The Kier molecular flexibility index (Phi) is 2.52. The van der Waals surface area contributed by atoms with E-state index in [-0.39, 0.29) is 5.82 Å². The second-order valence-corrected chi connectivity index (χ2v) is 4.86. The Morgan fingerprint density at radius 3 is 3.06 bits per heavy atom. The van der Waals surface area contributed by atoms with E-state index in [0.29, 0.717) is 29.8 Å². The lowest BCUT2D eigenvalue weighted by molar-refractivity contribution is 0.110. The summed E-state index contributed by atoms with van der Waals surface area (Å²) in [5.41, 5.74) is 8.79. The van der Waals surface area contributed by atoms with E-state index >= 15 is 0 Å². The molecule has 1 aliphatic rings. The zero-order valence-corrected chi connectivity index (χ0v) is 10.6. The van der Waals surface area contributed by atoms with Gasteiger partial charge in [0, 0.05) is 16.5 Å². The van der Waals surface area contributed by atoms with Gasteiger partial charge < -0.3 is 10.5 Å². The zero-order chi connectivity index (χ0) is 12.0. The lowest BCUT2D eigenvalue weighted by Crippen LogP contribution is -2.15. The van der Waals surface area contributed by atoms with E-state index in [1.54, 1.807) is 6.07 Å². The van der Waals surface area contributed by atoms with Crippen LogP contribution in [0.25, 0.3) is 10.9 Å². The van der Waals surface area contributed by atoms with Crippen LogP contribution in [0.5, 0.6) is 0 Å². The maximum absolute atomic E-state index is 13.8. The summed E-state index contributed by atoms with van der Waals surface area (Å²) in [6.07, 6.45) is 0.721. The number of nitrogens with zero attached hydrogens (tertiary/aromatic N) is 1. The highest BCUT2D eigenvalue weighted by Gasteiger charge is 2.19. The highest BCUT2D eigenvalue weighted by molar-refractivity contribution is 9.10. The molecule has 1 aromatic heterocycles. The van der Waals surface area contributed by atoms with E-state index < -0.39 is 0 Å². The molecule has 0 atom stereocenters. The quantitative estimate of drug-likeness (QED) is 0.813. The van der Waals surface area contributed by atoms with Crippen LogP contribution in [-0.4, -0.2) is 11.6 Å². The standard InChI is InChI=1S/C12H10BrFN2O/c13-7-1-2-8(14)10-11(15)6-5-17-4-3-9(6)16-12(7)10/h1-2H,3-5H2,(H2,15,16). The number of aromatic nitrogens is 1. The minimum absolute atomic E-state index is 0.346. The molecule has 0 saturated heterocycles. The number of nitrogen functional groups attached to an aromatic ring is 1. The van der Waals surface area contributed by atoms with Crippen molar-refractivity contribution in [2.24, 2.45) is 0 Å². The third-order valence-corrected chi connectivity index (χ3v) is 3.64. The molecule has 0 spiro atoms. The fraction of sp³-hybridized carbons (Fsp3) is 0.250. The molecule has 3 nitrogen and oxygen atoms in total. The molecule has 1 aromatic carbocycles. The fourth-order valence-corrected chi connectivity index (χ4v) is 2.55. The molecule has 0 saturated carbocycles. The van der Waals surface area contributed by atoms with Gasteiger partial charge in [-0.3, -0.25) is 4.98 Å². The summed E-state index contributed by atoms with van der Waals surface area (Å²) >= 11 is 3.38. The van der Waals surface area contributed by atoms with Crippen LogP contribution >= 0.6 is 15.9 Å². The van der Waals surface area contributed by atoms with E-state index in [1.807, 2.05) is 0 Å². The Bertz CT molecular complexity index is 615. The van der Waals surface area contributed by atoms with E-state index in [0.717, 1.165) is 22.2 Å². The lowest BCUT2D eigenvalue weighted by atomic mass is 10.0. The van der Waals surface area contributed by atoms with Gasteiger partial charge in [-0.05, 0) is 28.1 Å². The predicted octanol–water partition coefficient (Wildman–Crippen LogP) is 2.79. The molecule has 0 bridgehead atoms. The van der Waals surface area contributed by atoms with Crippen molar-refractivity contribution in [2.75, 3.05) is 12.3 Å². The van der Waals surface area contributed by atoms with Gasteiger partial charge >= 0.3 is 0 Å². The highest BCUT2D eigenvalue weighted by atomic mass is 79.9. The van der Waals surface area contributed by atoms with Crippen LogP contribution < -0.4 is 5.73 Å². The smallest absolute Gasteiger partial charge is 0.134 e. The zero-order valence-electron chi connectivity index (χ0n) is 8.96. The Morgan fingerprint density at radius 2 is 2.24 bits per heavy atom. The SMILES string of the molecule is Nc1c2c(nc3c(Br)ccc(F)c13)CCOC2. The predicted molar refractivity (Wildman–Crippen MR) is 67.2 cm³/mol. The summed E-state index contributed by atoms with van der Waals surface area (Å²) in [6, 6.07) is 3.04. The van der Waals surface area contributed by atoms with Gasteiger partial charge in [0.1, 0.15) is 5.82 Å². The normalized spacial score (nSPS) is 14.9. The van der Waals surface area contributed by atoms with Crippen LogP contribution in [0, 0.1) is 5.82 Å². The first-order valence-electron chi connectivity index (χ1n) is 5.31. The van der Waals surface area contributed by atoms with Crippen molar-refractivity contribution in [2.45, 2.75) is 13.0 Å². The first kappa shape index (κ1) is 10.9. The molecule has 2 N–H and O–H groups in total. The minimum Gasteiger partial charge on any atom is -0.398 e. The molecule has 17 heavy (non-hydrogen) atoms. The van der Waals surface area contributed by atoms with Crippen LogP contribution in [-0.2, 0) is 17.8 Å². The van der Waals surface area contributed by atoms with Crippen molar-refractivity contribution >= 4 is 32.5 Å². The van der Waals surface area contributed by atoms with Gasteiger partial charge in [0.05, 0.1) is 35.5 Å². The first-order valence-corrected chi connectivity index (χ1v) is 6.10. The molecule has 1 aliphatic heterocycles. The number of fused-ring (bicyclic) bond motifs is 2. The van der Waals surface area contributed by atoms with E-state index in [4.69, 9.17) is 10.5 Å². The molecule has 88 valence electrons. The monoisotopic (exact) mass is 296 g/mol. The van der Waals surface area contributed by atoms with Crippen molar-refractivity contribution in [1.82, 2.24) is 4.98 Å². The van der Waals surface area contributed by atoms with Crippen LogP contribution in [0.1, 0.15) is 11.3 Å². The highest BCUT2D eigenvalue weighted by Crippen LogP contribution is 2.34. The first-order chi connectivity index (χ1) is 8.18. The lowest BCUT2D eigenvalue weighted by Gasteiger charge is -2.19. The van der Waals surface area contributed by atoms with Crippen LogP contribution in [0.3, 0.4) is 0 Å². The second kappa shape index (κ2) is 3.92. The van der Waals surface area contributed by atoms with Crippen molar-refractivity contribution in [3.8, 4) is 0 Å². The van der Waals surface area contributed by atoms with Crippen molar-refractivity contribution in [1.29, 1.82) is 0 Å². The van der Waals surface area contributed by atoms with Crippen molar-refractivity contribution < 1.29 is 9.13 Å². The number of hydrogen-bond donors (Lipinski definition) is 1. The number of pyridine rings is 1. The molecule has 5 heteroatoms. The second-order valence-electron chi connectivity index (χ2n) is 4.01. The third-order valence-electron chi connectivity index (χ3n) is 3.00. The number of ether oxygens (including phenoxy) is 1. The average molecular weight is 297 g/mol. The number of nitrogens with two attached hydrogens (primary N) is 1. The number of halogens is 2. The van der Waals surface area contributed by atoms with Gasteiger partial charge in [0.25, 0.3) is 0 Å². The van der Waals surface area contributed by atoms with Gasteiger partial charge in [-0.2, -0.15) is 0 Å². The van der Waals surface area contributed by atoms with Gasteiger partial charge in [-0.15, -0.1) is 0 Å². The number of rotatable bonds is 0. The molecule has 0 unspecified atom stereocenters. The summed E-state index contributed by atoms with van der Waals surface area (Å²) in [7, 11) is 0. The van der Waals surface area contributed by atoms with Crippen LogP contribution in [0.15, 0.2) is 16.6 Å². The largest absolute Gasteiger partial charge is 0.398 e. The molecule has 0 amide bonds. The van der Waals surface area contributed by atoms with Crippen molar-refractivity contribution in [3.05, 3.63) is 33.7 Å². The number of hydrogen-bond acceptors (Lipinski definition) is 3. The average Bonchev–Trinajstić information content (AvgIpc) is 2.34. The fourth-order valence-electron chi connectivity index (χ4n) is 2.13. The number of benzene rings is 1.